The fourth-order valence-corrected chi connectivity index (χ4v) is 5.41. The van der Waals surface area contributed by atoms with Crippen LogP contribution in [0.3, 0.4) is 0 Å². The van der Waals surface area contributed by atoms with E-state index < -0.39 is 5.91 Å². The first-order valence-electron chi connectivity index (χ1n) is 8.70. The van der Waals surface area contributed by atoms with Gasteiger partial charge in [-0.2, -0.15) is 0 Å². The Bertz CT molecular complexity index is 1030. The fraction of sp³-hybridized carbons (Fsp3) is 0.263. The van der Waals surface area contributed by atoms with Gasteiger partial charge in [-0.3, -0.25) is 9.59 Å². The number of anilines is 1. The molecular formula is C19H18N4O2S2. The number of amides is 2. The number of hydrogen-bond acceptors (Lipinski definition) is 6. The number of nitrogens with one attached hydrogen (secondary N) is 1. The lowest BCUT2D eigenvalue weighted by Gasteiger charge is -2.11. The van der Waals surface area contributed by atoms with Crippen LogP contribution in [0.5, 0.6) is 0 Å². The number of nitrogens with zero attached hydrogens (tertiary/aromatic N) is 2. The van der Waals surface area contributed by atoms with Crippen LogP contribution >= 0.6 is 23.1 Å². The Morgan fingerprint density at radius 2 is 2.00 bits per heavy atom. The van der Waals surface area contributed by atoms with Crippen LogP contribution in [0.4, 0.5) is 5.00 Å². The molecule has 0 atom stereocenters. The predicted molar refractivity (Wildman–Crippen MR) is 108 cm³/mol. The van der Waals surface area contributed by atoms with E-state index in [1.165, 1.54) is 34.3 Å². The molecule has 6 nitrogen and oxygen atoms in total. The Balaban J connectivity index is 1.50. The van der Waals surface area contributed by atoms with E-state index in [4.69, 9.17) is 5.73 Å². The van der Waals surface area contributed by atoms with E-state index >= 15 is 0 Å². The standard InChI is InChI=1S/C19H18N4O2S2/c20-17(25)16-12-6-2-4-8-14(12)27-19(16)23-15(24)9-26-18-11-5-1-3-7-13(11)21-10-22-18/h1,3,5,7,10H,2,4,6,8-9H2,(H2,20,25)(H,23,24). The fourth-order valence-electron chi connectivity index (χ4n) is 3.31. The first-order chi connectivity index (χ1) is 13.1. The Morgan fingerprint density at radius 3 is 2.85 bits per heavy atom. The maximum Gasteiger partial charge on any atom is 0.251 e. The minimum atomic E-state index is -0.473. The van der Waals surface area contributed by atoms with E-state index in [1.807, 2.05) is 24.3 Å². The first-order valence-corrected chi connectivity index (χ1v) is 10.5. The molecule has 1 aliphatic carbocycles. The maximum atomic E-state index is 12.5. The molecule has 3 N–H and O–H groups in total. The number of thioether (sulfide) groups is 1. The normalized spacial score (nSPS) is 13.3. The highest BCUT2D eigenvalue weighted by molar-refractivity contribution is 8.00. The molecule has 27 heavy (non-hydrogen) atoms. The van der Waals surface area contributed by atoms with Crippen molar-refractivity contribution < 1.29 is 9.59 Å². The summed E-state index contributed by atoms with van der Waals surface area (Å²) < 4.78 is 0. The lowest BCUT2D eigenvalue weighted by Crippen LogP contribution is -2.19. The molecule has 0 bridgehead atoms. The molecule has 4 rings (SSSR count). The van der Waals surface area contributed by atoms with Crippen molar-refractivity contribution >= 4 is 50.8 Å². The highest BCUT2D eigenvalue weighted by atomic mass is 32.2. The lowest BCUT2D eigenvalue weighted by atomic mass is 9.95. The summed E-state index contributed by atoms with van der Waals surface area (Å²) in [7, 11) is 0. The van der Waals surface area contributed by atoms with Gasteiger partial charge in [0.25, 0.3) is 5.91 Å². The summed E-state index contributed by atoms with van der Waals surface area (Å²) in [6.45, 7) is 0. The zero-order valence-corrected chi connectivity index (χ0v) is 16.2. The third-order valence-corrected chi connectivity index (χ3v) is 6.73. The number of para-hydroxylation sites is 1. The molecule has 0 aliphatic heterocycles. The van der Waals surface area contributed by atoms with Gasteiger partial charge in [-0.25, -0.2) is 9.97 Å². The number of rotatable bonds is 5. The number of thiophene rings is 1. The maximum absolute atomic E-state index is 12.5. The highest BCUT2D eigenvalue weighted by Crippen LogP contribution is 2.38. The third-order valence-electron chi connectivity index (χ3n) is 4.52. The molecule has 1 aromatic carbocycles. The van der Waals surface area contributed by atoms with Gasteiger partial charge in [0.05, 0.1) is 16.8 Å². The van der Waals surface area contributed by atoms with Crippen molar-refractivity contribution in [1.82, 2.24) is 9.97 Å². The first kappa shape index (κ1) is 17.9. The minimum absolute atomic E-state index is 0.177. The molecular weight excluding hydrogens is 380 g/mol. The van der Waals surface area contributed by atoms with Crippen LogP contribution in [0, 0.1) is 0 Å². The summed E-state index contributed by atoms with van der Waals surface area (Å²) in [6, 6.07) is 7.69. The number of nitrogens with two attached hydrogens (primary N) is 1. The number of aryl methyl sites for hydroxylation is 1. The zero-order chi connectivity index (χ0) is 18.8. The average molecular weight is 399 g/mol. The van der Waals surface area contributed by atoms with Crippen molar-refractivity contribution in [3.05, 3.63) is 46.6 Å². The van der Waals surface area contributed by atoms with Gasteiger partial charge in [-0.05, 0) is 37.3 Å². The molecule has 0 saturated carbocycles. The number of carbonyl (C=O) groups is 2. The van der Waals surface area contributed by atoms with Gasteiger partial charge in [-0.1, -0.05) is 30.0 Å². The Labute approximate surface area is 164 Å². The SMILES string of the molecule is NC(=O)c1c(NC(=O)CSc2ncnc3ccccc23)sc2c1CCCC2. The van der Waals surface area contributed by atoms with Crippen molar-refractivity contribution in [2.24, 2.45) is 5.73 Å². The molecule has 3 aromatic rings. The molecule has 0 radical (unpaired) electrons. The molecule has 8 heteroatoms. The van der Waals surface area contributed by atoms with E-state index in [-0.39, 0.29) is 11.7 Å². The summed E-state index contributed by atoms with van der Waals surface area (Å²) >= 11 is 2.83. The Hall–Kier alpha value is -2.45. The van der Waals surface area contributed by atoms with Crippen LogP contribution < -0.4 is 11.1 Å². The van der Waals surface area contributed by atoms with E-state index in [9.17, 15) is 9.59 Å². The zero-order valence-electron chi connectivity index (χ0n) is 14.5. The monoisotopic (exact) mass is 398 g/mol. The number of benzene rings is 1. The number of carbonyl (C=O) groups excluding carboxylic acids is 2. The van der Waals surface area contributed by atoms with Crippen LogP contribution in [0.15, 0.2) is 35.6 Å². The molecule has 0 unspecified atom stereocenters. The van der Waals surface area contributed by atoms with E-state index in [0.717, 1.165) is 47.2 Å². The second-order valence-corrected chi connectivity index (χ2v) is 8.38. The predicted octanol–water partition coefficient (Wildman–Crippen LogP) is 3.40. The van der Waals surface area contributed by atoms with Crippen LogP contribution in [-0.2, 0) is 17.6 Å². The van der Waals surface area contributed by atoms with Crippen molar-refractivity contribution in [2.45, 2.75) is 30.7 Å². The quantitative estimate of drug-likeness (QED) is 0.507. The summed E-state index contributed by atoms with van der Waals surface area (Å²) in [4.78, 5) is 34.1. The van der Waals surface area contributed by atoms with E-state index in [1.54, 1.807) is 0 Å². The van der Waals surface area contributed by atoms with Crippen LogP contribution in [0.1, 0.15) is 33.6 Å². The molecule has 2 aromatic heterocycles. The molecule has 2 amide bonds. The Kier molecular flexibility index (Phi) is 5.09. The van der Waals surface area contributed by atoms with E-state index in [0.29, 0.717) is 10.6 Å². The van der Waals surface area contributed by atoms with Crippen LogP contribution in [0.25, 0.3) is 10.9 Å². The average Bonchev–Trinajstić information content (AvgIpc) is 3.04. The highest BCUT2D eigenvalue weighted by Gasteiger charge is 2.25. The number of fused-ring (bicyclic) bond motifs is 2. The molecule has 0 spiro atoms. The van der Waals surface area contributed by atoms with Gasteiger partial charge < -0.3 is 11.1 Å². The largest absolute Gasteiger partial charge is 0.365 e. The second-order valence-electron chi connectivity index (χ2n) is 6.31. The van der Waals surface area contributed by atoms with Crippen molar-refractivity contribution in [1.29, 1.82) is 0 Å². The topological polar surface area (TPSA) is 98.0 Å². The Morgan fingerprint density at radius 1 is 1.19 bits per heavy atom. The molecule has 0 fully saturated rings. The van der Waals surface area contributed by atoms with Gasteiger partial charge in [0.15, 0.2) is 0 Å². The van der Waals surface area contributed by atoms with E-state index in [2.05, 4.69) is 15.3 Å². The molecule has 2 heterocycles. The smallest absolute Gasteiger partial charge is 0.251 e. The third kappa shape index (κ3) is 3.68. The second kappa shape index (κ2) is 7.66. The summed E-state index contributed by atoms with van der Waals surface area (Å²) in [5.41, 5.74) is 7.93. The lowest BCUT2D eigenvalue weighted by molar-refractivity contribution is -0.113. The number of primary amides is 1. The van der Waals surface area contributed by atoms with Gasteiger partial charge >= 0.3 is 0 Å². The van der Waals surface area contributed by atoms with Crippen LogP contribution in [-0.4, -0.2) is 27.5 Å². The summed E-state index contributed by atoms with van der Waals surface area (Å²) in [5.74, 6) is -0.454. The van der Waals surface area contributed by atoms with Crippen molar-refractivity contribution in [3.8, 4) is 0 Å². The summed E-state index contributed by atoms with van der Waals surface area (Å²) in [6.07, 6.45) is 5.45. The van der Waals surface area contributed by atoms with Gasteiger partial charge in [0, 0.05) is 10.3 Å². The molecule has 138 valence electrons. The molecule has 1 aliphatic rings. The number of aromatic nitrogens is 2. The van der Waals surface area contributed by atoms with Crippen LogP contribution in [0.2, 0.25) is 0 Å². The minimum Gasteiger partial charge on any atom is -0.365 e. The van der Waals surface area contributed by atoms with Gasteiger partial charge in [0.2, 0.25) is 5.91 Å². The molecule has 0 saturated heterocycles. The van der Waals surface area contributed by atoms with Crippen molar-refractivity contribution in [3.63, 3.8) is 0 Å². The van der Waals surface area contributed by atoms with Crippen molar-refractivity contribution in [2.75, 3.05) is 11.1 Å². The van der Waals surface area contributed by atoms with Gasteiger partial charge in [0.1, 0.15) is 16.4 Å². The summed E-state index contributed by atoms with van der Waals surface area (Å²) in [5, 5.41) is 5.14. The number of hydrogen-bond donors (Lipinski definition) is 2. The van der Waals surface area contributed by atoms with Gasteiger partial charge in [-0.15, -0.1) is 11.3 Å².